The smallest absolute Gasteiger partial charge is 0.227 e. The molecule has 154 valence electrons. The fourth-order valence-electron chi connectivity index (χ4n) is 4.39. The van der Waals surface area contributed by atoms with Gasteiger partial charge in [-0.2, -0.15) is 16.3 Å². The monoisotopic (exact) mass is 420 g/mol. The van der Waals surface area contributed by atoms with Crippen LogP contribution in [0.1, 0.15) is 24.3 Å². The van der Waals surface area contributed by atoms with Gasteiger partial charge in [0.15, 0.2) is 0 Å². The van der Waals surface area contributed by atoms with Crippen molar-refractivity contribution in [3.05, 3.63) is 58.7 Å². The minimum atomic E-state index is 0.195. The van der Waals surface area contributed by atoms with Gasteiger partial charge in [0.2, 0.25) is 17.6 Å². The van der Waals surface area contributed by atoms with E-state index in [4.69, 9.17) is 4.52 Å². The Bertz CT molecular complexity index is 1160. The van der Waals surface area contributed by atoms with Crippen LogP contribution in [0.5, 0.6) is 0 Å². The Kier molecular flexibility index (Phi) is 5.12. The van der Waals surface area contributed by atoms with Crippen molar-refractivity contribution < 1.29 is 9.32 Å². The van der Waals surface area contributed by atoms with Gasteiger partial charge in [-0.05, 0) is 41.8 Å². The van der Waals surface area contributed by atoms with Gasteiger partial charge in [-0.25, -0.2) is 0 Å². The highest BCUT2D eigenvalue weighted by Gasteiger charge is 2.26. The lowest BCUT2D eigenvalue weighted by Gasteiger charge is -2.32. The summed E-state index contributed by atoms with van der Waals surface area (Å²) in [5.41, 5.74) is 3.25. The van der Waals surface area contributed by atoms with Gasteiger partial charge in [-0.3, -0.25) is 4.79 Å². The van der Waals surface area contributed by atoms with Gasteiger partial charge < -0.3 is 14.0 Å². The molecule has 30 heavy (non-hydrogen) atoms. The molecule has 1 saturated heterocycles. The zero-order chi connectivity index (χ0) is 20.5. The van der Waals surface area contributed by atoms with Gasteiger partial charge in [-0.15, -0.1) is 0 Å². The van der Waals surface area contributed by atoms with E-state index < -0.39 is 0 Å². The van der Waals surface area contributed by atoms with E-state index >= 15 is 0 Å². The summed E-state index contributed by atoms with van der Waals surface area (Å²) < 4.78 is 7.57. The van der Waals surface area contributed by atoms with Crippen molar-refractivity contribution in [3.63, 3.8) is 0 Å². The number of amides is 1. The number of thiophene rings is 1. The average Bonchev–Trinajstić information content (AvgIpc) is 3.50. The predicted molar refractivity (Wildman–Crippen MR) is 117 cm³/mol. The van der Waals surface area contributed by atoms with Crippen molar-refractivity contribution in [2.45, 2.75) is 25.7 Å². The molecule has 1 atom stereocenters. The number of hydrogen-bond donors (Lipinski definition) is 0. The molecule has 1 aromatic carbocycles. The molecular weight excluding hydrogens is 396 g/mol. The number of para-hydroxylation sites is 1. The summed E-state index contributed by atoms with van der Waals surface area (Å²) >= 11 is 1.62. The summed E-state index contributed by atoms with van der Waals surface area (Å²) in [5, 5.41) is 9.29. The molecule has 1 aliphatic heterocycles. The maximum atomic E-state index is 13.0. The standard InChI is InChI=1S/C23H24N4O2S/c1-26-14-18(19-6-2-3-7-20(19)26)12-22(28)27-9-4-5-16(13-27)11-21-24-23(25-29-21)17-8-10-30-15-17/h2-3,6-8,10,14-16H,4-5,9,11-13H2,1H3. The molecule has 6 nitrogen and oxygen atoms in total. The molecule has 0 bridgehead atoms. The minimum Gasteiger partial charge on any atom is -0.350 e. The first-order chi connectivity index (χ1) is 14.7. The third-order valence-corrected chi connectivity index (χ3v) is 6.59. The van der Waals surface area contributed by atoms with Crippen molar-refractivity contribution in [1.29, 1.82) is 0 Å². The number of carbonyl (C=O) groups excluding carboxylic acids is 1. The Morgan fingerprint density at radius 1 is 1.30 bits per heavy atom. The normalized spacial score (nSPS) is 17.0. The van der Waals surface area contributed by atoms with Crippen molar-refractivity contribution in [1.82, 2.24) is 19.6 Å². The van der Waals surface area contributed by atoms with E-state index in [1.165, 1.54) is 0 Å². The van der Waals surface area contributed by atoms with Crippen LogP contribution < -0.4 is 0 Å². The maximum absolute atomic E-state index is 13.0. The number of rotatable bonds is 5. The van der Waals surface area contributed by atoms with Gasteiger partial charge in [-0.1, -0.05) is 23.4 Å². The summed E-state index contributed by atoms with van der Waals surface area (Å²) in [5.74, 6) is 1.85. The molecule has 0 spiro atoms. The first kappa shape index (κ1) is 19.1. The Morgan fingerprint density at radius 3 is 3.07 bits per heavy atom. The van der Waals surface area contributed by atoms with E-state index in [1.807, 2.05) is 40.9 Å². The van der Waals surface area contributed by atoms with E-state index in [0.29, 0.717) is 24.1 Å². The number of aromatic nitrogens is 3. The summed E-state index contributed by atoms with van der Waals surface area (Å²) in [7, 11) is 2.03. The molecule has 1 unspecified atom stereocenters. The second-order valence-corrected chi connectivity index (χ2v) is 8.82. The topological polar surface area (TPSA) is 64.2 Å². The summed E-state index contributed by atoms with van der Waals surface area (Å²) in [6.07, 6.45) is 5.33. The molecule has 0 aliphatic carbocycles. The van der Waals surface area contributed by atoms with Crippen LogP contribution in [0, 0.1) is 5.92 Å². The van der Waals surface area contributed by atoms with Crippen LogP contribution in [-0.4, -0.2) is 38.6 Å². The second-order valence-electron chi connectivity index (χ2n) is 8.04. The highest BCUT2D eigenvalue weighted by molar-refractivity contribution is 7.08. The lowest BCUT2D eigenvalue weighted by Crippen LogP contribution is -2.41. The highest BCUT2D eigenvalue weighted by Crippen LogP contribution is 2.25. The van der Waals surface area contributed by atoms with Crippen LogP contribution in [-0.2, 0) is 24.7 Å². The van der Waals surface area contributed by atoms with E-state index in [9.17, 15) is 4.79 Å². The fourth-order valence-corrected chi connectivity index (χ4v) is 5.03. The molecule has 0 radical (unpaired) electrons. The second kappa shape index (κ2) is 8.07. The van der Waals surface area contributed by atoms with Gasteiger partial charge in [0.25, 0.3) is 0 Å². The average molecular weight is 421 g/mol. The van der Waals surface area contributed by atoms with E-state index in [1.54, 1.807) is 11.3 Å². The predicted octanol–water partition coefficient (Wildman–Crippen LogP) is 4.31. The molecule has 1 fully saturated rings. The maximum Gasteiger partial charge on any atom is 0.227 e. The van der Waals surface area contributed by atoms with Crippen LogP contribution in [0.2, 0.25) is 0 Å². The molecule has 1 aliphatic rings. The molecule has 5 rings (SSSR count). The third kappa shape index (κ3) is 3.77. The van der Waals surface area contributed by atoms with Crippen molar-refractivity contribution >= 4 is 28.1 Å². The Balaban J connectivity index is 1.24. The number of benzene rings is 1. The minimum absolute atomic E-state index is 0.195. The van der Waals surface area contributed by atoms with Crippen LogP contribution in [0.4, 0.5) is 0 Å². The molecule has 4 aromatic rings. The van der Waals surface area contributed by atoms with Crippen LogP contribution in [0.3, 0.4) is 0 Å². The Labute approximate surface area is 179 Å². The van der Waals surface area contributed by atoms with Gasteiger partial charge in [0.1, 0.15) is 0 Å². The zero-order valence-corrected chi connectivity index (χ0v) is 17.8. The molecule has 1 amide bonds. The van der Waals surface area contributed by atoms with Crippen molar-refractivity contribution in [2.24, 2.45) is 13.0 Å². The lowest BCUT2D eigenvalue weighted by atomic mass is 9.94. The molecule has 0 saturated carbocycles. The number of hydrogen-bond acceptors (Lipinski definition) is 5. The molecular formula is C23H24N4O2S. The molecule has 3 aromatic heterocycles. The Hall–Kier alpha value is -2.93. The lowest BCUT2D eigenvalue weighted by molar-refractivity contribution is -0.132. The molecule has 7 heteroatoms. The van der Waals surface area contributed by atoms with E-state index in [-0.39, 0.29) is 5.91 Å². The van der Waals surface area contributed by atoms with E-state index in [2.05, 4.69) is 33.0 Å². The fraction of sp³-hybridized carbons (Fsp3) is 0.348. The number of nitrogens with zero attached hydrogens (tertiary/aromatic N) is 4. The number of piperidine rings is 1. The largest absolute Gasteiger partial charge is 0.350 e. The van der Waals surface area contributed by atoms with Gasteiger partial charge in [0.05, 0.1) is 6.42 Å². The summed E-state index contributed by atoms with van der Waals surface area (Å²) in [6.45, 7) is 1.57. The number of likely N-dealkylation sites (tertiary alicyclic amines) is 1. The zero-order valence-electron chi connectivity index (χ0n) is 17.0. The van der Waals surface area contributed by atoms with Crippen molar-refractivity contribution in [2.75, 3.05) is 13.1 Å². The van der Waals surface area contributed by atoms with Gasteiger partial charge >= 0.3 is 0 Å². The third-order valence-electron chi connectivity index (χ3n) is 5.90. The number of fused-ring (bicyclic) bond motifs is 1. The first-order valence-corrected chi connectivity index (χ1v) is 11.3. The van der Waals surface area contributed by atoms with Gasteiger partial charge in [0, 0.05) is 54.6 Å². The van der Waals surface area contributed by atoms with Crippen molar-refractivity contribution in [3.8, 4) is 11.4 Å². The van der Waals surface area contributed by atoms with Crippen LogP contribution >= 0.6 is 11.3 Å². The van der Waals surface area contributed by atoms with Crippen LogP contribution in [0.25, 0.3) is 22.3 Å². The van der Waals surface area contributed by atoms with E-state index in [0.717, 1.165) is 54.4 Å². The summed E-state index contributed by atoms with van der Waals surface area (Å²) in [6, 6.07) is 10.2. The SMILES string of the molecule is Cn1cc(CC(=O)N2CCCC(Cc3nc(-c4ccsc4)no3)C2)c2ccccc21. The number of aryl methyl sites for hydroxylation is 1. The number of carbonyl (C=O) groups is 1. The Morgan fingerprint density at radius 2 is 2.20 bits per heavy atom. The summed E-state index contributed by atoms with van der Waals surface area (Å²) in [4.78, 5) is 19.6. The quantitative estimate of drug-likeness (QED) is 0.483. The first-order valence-electron chi connectivity index (χ1n) is 10.3. The highest BCUT2D eigenvalue weighted by atomic mass is 32.1. The van der Waals surface area contributed by atoms with Crippen LogP contribution in [0.15, 0.2) is 51.8 Å². The molecule has 4 heterocycles. The molecule has 0 N–H and O–H groups in total.